The molecule has 4 fully saturated rings. The summed E-state index contributed by atoms with van der Waals surface area (Å²) in [6, 6.07) is 82.8. The third-order valence-electron chi connectivity index (χ3n) is 18.8. The molecule has 19 heteroatoms. The largest absolute Gasteiger partial charge is 0.374 e. The maximum Gasteiger partial charge on any atom is 0.262 e. The molecule has 0 N–H and O–H groups in total. The summed E-state index contributed by atoms with van der Waals surface area (Å²) in [5, 5.41) is 0. The molecule has 5 aliphatic rings. The molecule has 0 radical (unpaired) electrons. The van der Waals surface area contributed by atoms with Gasteiger partial charge in [-0.15, -0.1) is 0 Å². The van der Waals surface area contributed by atoms with Crippen LogP contribution in [0.4, 0.5) is 0 Å². The minimum atomic E-state index is -1.60. The molecule has 9 aromatic rings. The van der Waals surface area contributed by atoms with Gasteiger partial charge >= 0.3 is 0 Å². The molecule has 5 aliphatic heterocycles. The summed E-state index contributed by atoms with van der Waals surface area (Å²) in [6.45, 7) is 0.00130. The molecule has 4 saturated heterocycles. The van der Waals surface area contributed by atoms with E-state index >= 15 is 9.59 Å². The second kappa shape index (κ2) is 35.6. The zero-order chi connectivity index (χ0) is 69.9. The summed E-state index contributed by atoms with van der Waals surface area (Å²) in [5.41, 5.74) is 7.14. The Balaban J connectivity index is 0.886. The van der Waals surface area contributed by atoms with Crippen LogP contribution < -0.4 is 0 Å². The van der Waals surface area contributed by atoms with Crippen LogP contribution in [-0.2, 0) is 122 Å². The molecule has 0 saturated carbocycles. The van der Waals surface area contributed by atoms with Crippen molar-refractivity contribution in [2.24, 2.45) is 0 Å². The molecule has 103 heavy (non-hydrogen) atoms. The summed E-state index contributed by atoms with van der Waals surface area (Å²) in [6.07, 6.45) is -16.0. The number of imide groups is 1. The van der Waals surface area contributed by atoms with Crippen molar-refractivity contribution in [2.45, 2.75) is 145 Å². The number of aldehydes is 1. The molecule has 0 aromatic heterocycles. The van der Waals surface area contributed by atoms with E-state index in [1.54, 1.807) is 24.3 Å². The predicted molar refractivity (Wildman–Crippen MR) is 376 cm³/mol. The van der Waals surface area contributed by atoms with Gasteiger partial charge in [0, 0.05) is 5.56 Å². The van der Waals surface area contributed by atoms with Crippen molar-refractivity contribution in [3.05, 3.63) is 323 Å². The van der Waals surface area contributed by atoms with E-state index in [0.717, 1.165) is 44.5 Å². The fraction of sp³-hybridized carbons (Fsp3) is 0.321. The Bertz CT molecular complexity index is 4030. The highest BCUT2D eigenvalue weighted by atomic mass is 16.8. The first-order valence-electron chi connectivity index (χ1n) is 35.0. The van der Waals surface area contributed by atoms with Crippen LogP contribution in [0.3, 0.4) is 0 Å². The number of benzene rings is 9. The Kier molecular flexibility index (Phi) is 24.6. The van der Waals surface area contributed by atoms with Gasteiger partial charge in [-0.2, -0.15) is 0 Å². The highest BCUT2D eigenvalue weighted by Crippen LogP contribution is 2.43. The minimum Gasteiger partial charge on any atom is -0.374 e. The fourth-order valence-corrected chi connectivity index (χ4v) is 13.7. The van der Waals surface area contributed by atoms with Gasteiger partial charge in [-0.1, -0.05) is 255 Å². The quantitative estimate of drug-likeness (QED) is 0.0285. The molecular weight excluding hydrogens is 1310 g/mol. The Labute approximate surface area is 599 Å². The van der Waals surface area contributed by atoms with Crippen LogP contribution in [0.2, 0.25) is 0 Å². The first-order valence-corrected chi connectivity index (χ1v) is 35.0. The topological polar surface area (TPSA) is 193 Å². The second-order valence-electron chi connectivity index (χ2n) is 25.8. The van der Waals surface area contributed by atoms with Crippen LogP contribution in [0.25, 0.3) is 0 Å². The highest BCUT2D eigenvalue weighted by Gasteiger charge is 2.60. The fourth-order valence-electron chi connectivity index (χ4n) is 13.7. The van der Waals surface area contributed by atoms with E-state index in [0.29, 0.717) is 6.29 Å². The van der Waals surface area contributed by atoms with E-state index in [4.69, 9.17) is 71.1 Å². The molecular formula is C84H83NO18. The molecule has 9 aromatic carbocycles. The summed E-state index contributed by atoms with van der Waals surface area (Å²) < 4.78 is 106. The molecule has 0 spiro atoms. The van der Waals surface area contributed by atoms with Gasteiger partial charge < -0.3 is 75.8 Å². The maximum atomic E-state index is 15.5. The third kappa shape index (κ3) is 17.9. The summed E-state index contributed by atoms with van der Waals surface area (Å²) >= 11 is 0. The monoisotopic (exact) mass is 1390 g/mol. The van der Waals surface area contributed by atoms with Crippen LogP contribution in [0.15, 0.2) is 267 Å². The first kappa shape index (κ1) is 71.2. The van der Waals surface area contributed by atoms with E-state index in [-0.39, 0.29) is 83.8 Å². The molecule has 5 heterocycles. The molecule has 16 atom stereocenters. The van der Waals surface area contributed by atoms with E-state index in [9.17, 15) is 4.79 Å². The Morgan fingerprint density at radius 2 is 0.728 bits per heavy atom. The molecule has 0 aliphatic carbocycles. The van der Waals surface area contributed by atoms with Crippen molar-refractivity contribution >= 4 is 18.1 Å². The molecule has 14 rings (SSSR count). The van der Waals surface area contributed by atoms with Gasteiger partial charge in [0.1, 0.15) is 86.1 Å². The summed E-state index contributed by atoms with van der Waals surface area (Å²) in [4.78, 5) is 44.6. The zero-order valence-corrected chi connectivity index (χ0v) is 56.8. The lowest BCUT2D eigenvalue weighted by Crippen LogP contribution is -2.70. The SMILES string of the molecule is O=CCO[C@@H]1O[C@H](CO[C@H]2O[C@@H]3COC(c4ccccc4)O[C@H]3[C@H](OCc3ccccc3)[C@@H]2O[C@@H]2O[C@H](COCc3ccccc3)[C@@H](OCc3ccccc3)[C@H](OCc3ccccc3)[C@H]2N2C(=O)c3ccccc3C2=O)[C@@H](OCc2ccccc2)[C@H](OCc2ccccc2)[C@H]1OCc1ccccc1. The number of fused-ring (bicyclic) bond motifs is 2. The van der Waals surface area contributed by atoms with E-state index < -0.39 is 110 Å². The van der Waals surface area contributed by atoms with Crippen molar-refractivity contribution in [1.29, 1.82) is 0 Å². The lowest BCUT2D eigenvalue weighted by molar-refractivity contribution is -0.399. The van der Waals surface area contributed by atoms with Gasteiger partial charge in [-0.3, -0.25) is 14.5 Å². The highest BCUT2D eigenvalue weighted by molar-refractivity contribution is 6.21. The molecule has 0 bridgehead atoms. The number of hydrogen-bond acceptors (Lipinski definition) is 18. The number of carbonyl (C=O) groups excluding carboxylic acids is 3. The van der Waals surface area contributed by atoms with Crippen LogP contribution in [0, 0.1) is 0 Å². The lowest BCUT2D eigenvalue weighted by Gasteiger charge is -2.52. The van der Waals surface area contributed by atoms with Crippen LogP contribution in [0.5, 0.6) is 0 Å². The standard InChI is InChI=1S/C84H83NO18/c86-45-46-90-83-77(96-53-63-39-21-7-22-40-63)75(94-51-61-35-17-5-18-36-61)72(92-49-59-31-13-3-14-32-59)68(100-83)55-98-84-78(76(95-52-62-37-19-6-20-38-62)73-69(101-84)56-97-81(102-73)64-41-23-8-24-42-64)103-82-70(85-79(87)65-43-25-26-44-66(65)80(85)88)74(93-50-60-33-15-4-16-34-60)71(91-48-58-29-11-2-12-30-58)67(99-82)54-89-47-57-27-9-1-10-28-57/h1-45,67-78,81-84H,46-56H2/t67-,68-,69-,70-,71-,72-,73-,74-,75+,76+,77-,78+,81?,82+,83-,84+/m1/s1. The van der Waals surface area contributed by atoms with Crippen molar-refractivity contribution < 1.29 is 85.4 Å². The summed E-state index contributed by atoms with van der Waals surface area (Å²) in [5.74, 6) is -1.20. The van der Waals surface area contributed by atoms with E-state index in [1.807, 2.05) is 243 Å². The molecule has 19 nitrogen and oxygen atoms in total. The van der Waals surface area contributed by atoms with Gasteiger partial charge in [-0.25, -0.2) is 0 Å². The van der Waals surface area contributed by atoms with Gasteiger partial charge in [0.25, 0.3) is 11.8 Å². The Morgan fingerprint density at radius 3 is 1.20 bits per heavy atom. The Hall–Kier alpha value is -8.81. The molecule has 2 amide bonds. The second-order valence-corrected chi connectivity index (χ2v) is 25.8. The number of amides is 2. The van der Waals surface area contributed by atoms with Crippen molar-refractivity contribution in [2.75, 3.05) is 26.4 Å². The zero-order valence-electron chi connectivity index (χ0n) is 56.8. The number of nitrogens with zero attached hydrogens (tertiary/aromatic N) is 1. The third-order valence-corrected chi connectivity index (χ3v) is 18.8. The van der Waals surface area contributed by atoms with Crippen molar-refractivity contribution in [3.8, 4) is 0 Å². The van der Waals surface area contributed by atoms with Gasteiger partial charge in [0.15, 0.2) is 25.2 Å². The van der Waals surface area contributed by atoms with E-state index in [2.05, 4.69) is 0 Å². The van der Waals surface area contributed by atoms with Crippen molar-refractivity contribution in [3.63, 3.8) is 0 Å². The van der Waals surface area contributed by atoms with Gasteiger partial charge in [0.2, 0.25) is 0 Å². The normalized spacial score (nSPS) is 26.9. The van der Waals surface area contributed by atoms with Gasteiger partial charge in [-0.05, 0) is 51.1 Å². The minimum absolute atomic E-state index is 0.0104. The van der Waals surface area contributed by atoms with Crippen LogP contribution in [-0.4, -0.2) is 141 Å². The number of rotatable bonds is 32. The maximum absolute atomic E-state index is 15.5. The molecule has 532 valence electrons. The van der Waals surface area contributed by atoms with Crippen LogP contribution >= 0.6 is 0 Å². The number of hydrogen-bond donors (Lipinski definition) is 0. The lowest BCUT2D eigenvalue weighted by atomic mass is 9.93. The van der Waals surface area contributed by atoms with Crippen LogP contribution in [0.1, 0.15) is 71.5 Å². The van der Waals surface area contributed by atoms with E-state index in [1.165, 1.54) is 4.90 Å². The Morgan fingerprint density at radius 1 is 0.350 bits per heavy atom. The number of carbonyl (C=O) groups is 3. The van der Waals surface area contributed by atoms with Gasteiger partial charge in [0.05, 0.1) is 77.2 Å². The predicted octanol–water partition coefficient (Wildman–Crippen LogP) is 12.3. The summed E-state index contributed by atoms with van der Waals surface area (Å²) in [7, 11) is 0. The number of ether oxygens (including phenoxy) is 15. The van der Waals surface area contributed by atoms with Crippen molar-refractivity contribution in [1.82, 2.24) is 4.90 Å². The molecule has 1 unspecified atom stereocenters. The average molecular weight is 1390 g/mol. The average Bonchev–Trinajstić information content (AvgIpc) is 1.70. The smallest absolute Gasteiger partial charge is 0.262 e. The first-order chi connectivity index (χ1) is 50.9.